The van der Waals surface area contributed by atoms with E-state index in [1.165, 1.54) is 12.8 Å². The first kappa shape index (κ1) is 17.0. The predicted octanol–water partition coefficient (Wildman–Crippen LogP) is 3.55. The van der Waals surface area contributed by atoms with Crippen LogP contribution >= 0.6 is 0 Å². The molecule has 22 heavy (non-hydrogen) atoms. The van der Waals surface area contributed by atoms with Gasteiger partial charge in [0, 0.05) is 12.2 Å². The minimum atomic E-state index is -1.07. The molecule has 0 amide bonds. The van der Waals surface area contributed by atoms with E-state index >= 15 is 0 Å². The monoisotopic (exact) mass is 306 g/mol. The van der Waals surface area contributed by atoms with Crippen molar-refractivity contribution in [1.82, 2.24) is 0 Å². The lowest BCUT2D eigenvalue weighted by Gasteiger charge is -2.22. The third kappa shape index (κ3) is 3.87. The van der Waals surface area contributed by atoms with Gasteiger partial charge in [0.25, 0.3) is 0 Å². The van der Waals surface area contributed by atoms with Crippen LogP contribution < -0.4 is 0 Å². The number of rotatable bonds is 5. The summed E-state index contributed by atoms with van der Waals surface area (Å²) < 4.78 is 10.6. The van der Waals surface area contributed by atoms with E-state index in [1.807, 2.05) is 19.1 Å². The Hall–Kier alpha value is -1.39. The van der Waals surface area contributed by atoms with Crippen molar-refractivity contribution in [3.8, 4) is 0 Å². The second-order valence-electron chi connectivity index (χ2n) is 5.61. The maximum Gasteiger partial charge on any atom is 0.338 e. The fraction of sp³-hybridized carbons (Fsp3) is 0.611. The number of benzene rings is 1. The van der Waals surface area contributed by atoms with Crippen molar-refractivity contribution in [2.45, 2.75) is 58.7 Å². The maximum atomic E-state index is 12.5. The lowest BCUT2D eigenvalue weighted by atomic mass is 9.88. The summed E-state index contributed by atoms with van der Waals surface area (Å²) >= 11 is 0. The van der Waals surface area contributed by atoms with Gasteiger partial charge in [0.2, 0.25) is 0 Å². The van der Waals surface area contributed by atoms with Crippen LogP contribution in [0.4, 0.5) is 0 Å². The molecule has 4 heteroatoms. The first-order valence-electron chi connectivity index (χ1n) is 8.30. The second-order valence-corrected chi connectivity index (χ2v) is 5.61. The van der Waals surface area contributed by atoms with Crippen molar-refractivity contribution >= 4 is 5.97 Å². The molecule has 0 saturated heterocycles. The molecule has 2 aliphatic carbocycles. The van der Waals surface area contributed by atoms with Gasteiger partial charge < -0.3 is 14.6 Å². The smallest absolute Gasteiger partial charge is 0.338 e. The number of hydrogen-bond acceptors (Lipinski definition) is 4. The third-order valence-corrected chi connectivity index (χ3v) is 4.12. The molecule has 1 aromatic rings. The SMILES string of the molecule is CCOC(=O)c1c2ccc(c1[C@H](O)OCC)CCCCCC2. The van der Waals surface area contributed by atoms with Crippen molar-refractivity contribution in [2.24, 2.45) is 0 Å². The van der Waals surface area contributed by atoms with Crippen LogP contribution in [0.1, 0.15) is 72.9 Å². The van der Waals surface area contributed by atoms with Crippen LogP contribution in [0.25, 0.3) is 0 Å². The molecule has 1 atom stereocenters. The highest BCUT2D eigenvalue weighted by molar-refractivity contribution is 5.93. The molecule has 0 fully saturated rings. The van der Waals surface area contributed by atoms with E-state index in [2.05, 4.69) is 0 Å². The van der Waals surface area contributed by atoms with Gasteiger partial charge in [-0.25, -0.2) is 4.79 Å². The second kappa shape index (κ2) is 8.30. The van der Waals surface area contributed by atoms with E-state index in [1.54, 1.807) is 6.92 Å². The average Bonchev–Trinajstić information content (AvgIpc) is 2.52. The minimum Gasteiger partial charge on any atom is -0.462 e. The Balaban J connectivity index is 2.54. The molecule has 2 aliphatic rings. The Morgan fingerprint density at radius 2 is 1.73 bits per heavy atom. The Labute approximate surface area is 132 Å². The molecule has 1 aromatic carbocycles. The molecule has 0 radical (unpaired) electrons. The Kier molecular flexibility index (Phi) is 6.40. The van der Waals surface area contributed by atoms with Crippen LogP contribution in [-0.2, 0) is 22.3 Å². The molecule has 3 rings (SSSR count). The van der Waals surface area contributed by atoms with E-state index in [0.29, 0.717) is 24.3 Å². The van der Waals surface area contributed by atoms with E-state index in [9.17, 15) is 9.90 Å². The first-order chi connectivity index (χ1) is 10.7. The predicted molar refractivity (Wildman–Crippen MR) is 84.9 cm³/mol. The van der Waals surface area contributed by atoms with Crippen LogP contribution in [0.3, 0.4) is 0 Å². The van der Waals surface area contributed by atoms with Crippen molar-refractivity contribution in [3.05, 3.63) is 34.4 Å². The molecule has 0 heterocycles. The highest BCUT2D eigenvalue weighted by Crippen LogP contribution is 2.31. The zero-order chi connectivity index (χ0) is 15.9. The van der Waals surface area contributed by atoms with Gasteiger partial charge in [-0.1, -0.05) is 25.0 Å². The maximum absolute atomic E-state index is 12.5. The highest BCUT2D eigenvalue weighted by atomic mass is 16.6. The van der Waals surface area contributed by atoms with E-state index < -0.39 is 6.29 Å². The lowest BCUT2D eigenvalue weighted by Crippen LogP contribution is -2.18. The van der Waals surface area contributed by atoms with Gasteiger partial charge in [-0.05, 0) is 50.7 Å². The molecule has 0 saturated carbocycles. The van der Waals surface area contributed by atoms with E-state index in [-0.39, 0.29) is 5.97 Å². The summed E-state index contributed by atoms with van der Waals surface area (Å²) in [7, 11) is 0. The molecule has 1 N–H and O–H groups in total. The number of aliphatic hydroxyl groups excluding tert-OH is 1. The first-order valence-corrected chi connectivity index (χ1v) is 8.30. The van der Waals surface area contributed by atoms with E-state index in [4.69, 9.17) is 9.47 Å². The number of ether oxygens (including phenoxy) is 2. The third-order valence-electron chi connectivity index (χ3n) is 4.12. The largest absolute Gasteiger partial charge is 0.462 e. The molecule has 0 aliphatic heterocycles. The standard InChI is InChI=1S/C18H26O4/c1-3-21-17(19)15-13-9-7-5-6-8-10-14(12-11-13)16(15)18(20)22-4-2/h11-12,17,19H,3-10H2,1-2H3/t17-/m1/s1. The van der Waals surface area contributed by atoms with Gasteiger partial charge in [0.1, 0.15) is 0 Å². The molecule has 0 aromatic heterocycles. The molecule has 0 unspecified atom stereocenters. The minimum absolute atomic E-state index is 0.326. The summed E-state index contributed by atoms with van der Waals surface area (Å²) in [5.74, 6) is -0.353. The fourth-order valence-electron chi connectivity index (χ4n) is 3.09. The zero-order valence-electron chi connectivity index (χ0n) is 13.6. The van der Waals surface area contributed by atoms with Crippen molar-refractivity contribution in [1.29, 1.82) is 0 Å². The molecule has 4 nitrogen and oxygen atoms in total. The summed E-state index contributed by atoms with van der Waals surface area (Å²) in [6.45, 7) is 4.35. The van der Waals surface area contributed by atoms with Crippen molar-refractivity contribution < 1.29 is 19.4 Å². The Bertz CT molecular complexity index is 510. The van der Waals surface area contributed by atoms with Crippen LogP contribution in [0, 0.1) is 0 Å². The van der Waals surface area contributed by atoms with Gasteiger partial charge in [0.05, 0.1) is 12.2 Å². The van der Waals surface area contributed by atoms with Crippen molar-refractivity contribution in [2.75, 3.05) is 13.2 Å². The molecular formula is C18H26O4. The van der Waals surface area contributed by atoms with Gasteiger partial charge in [-0.2, -0.15) is 0 Å². The average molecular weight is 306 g/mol. The number of aliphatic hydroxyl groups is 1. The molecule has 122 valence electrons. The summed E-state index contributed by atoms with van der Waals surface area (Å²) in [5, 5.41) is 10.4. The topological polar surface area (TPSA) is 55.8 Å². The van der Waals surface area contributed by atoms with Gasteiger partial charge in [-0.15, -0.1) is 0 Å². The number of aryl methyl sites for hydroxylation is 2. The Morgan fingerprint density at radius 1 is 1.09 bits per heavy atom. The number of hydrogen-bond donors (Lipinski definition) is 1. The summed E-state index contributed by atoms with van der Waals surface area (Å²) in [5.41, 5.74) is 3.08. The molecule has 2 bridgehead atoms. The summed E-state index contributed by atoms with van der Waals surface area (Å²) in [6, 6.07) is 4.04. The van der Waals surface area contributed by atoms with Crippen LogP contribution in [-0.4, -0.2) is 24.3 Å². The number of carbonyl (C=O) groups is 1. The lowest BCUT2D eigenvalue weighted by molar-refractivity contribution is -0.0990. The van der Waals surface area contributed by atoms with Crippen LogP contribution in [0.15, 0.2) is 12.1 Å². The number of fused-ring (bicyclic) bond motifs is 7. The number of carbonyl (C=O) groups excluding carboxylic acids is 1. The Morgan fingerprint density at radius 3 is 2.36 bits per heavy atom. The fourth-order valence-corrected chi connectivity index (χ4v) is 3.09. The summed E-state index contributed by atoms with van der Waals surface area (Å²) in [6.07, 6.45) is 5.08. The highest BCUT2D eigenvalue weighted by Gasteiger charge is 2.26. The van der Waals surface area contributed by atoms with Gasteiger partial charge >= 0.3 is 5.97 Å². The van der Waals surface area contributed by atoms with E-state index in [0.717, 1.165) is 36.8 Å². The molecule has 0 spiro atoms. The van der Waals surface area contributed by atoms with Crippen molar-refractivity contribution in [3.63, 3.8) is 0 Å². The van der Waals surface area contributed by atoms with Crippen LogP contribution in [0.5, 0.6) is 0 Å². The van der Waals surface area contributed by atoms with Gasteiger partial charge in [0.15, 0.2) is 6.29 Å². The molecular weight excluding hydrogens is 280 g/mol. The normalized spacial score (nSPS) is 16.3. The van der Waals surface area contributed by atoms with Gasteiger partial charge in [-0.3, -0.25) is 0 Å². The van der Waals surface area contributed by atoms with Crippen LogP contribution in [0.2, 0.25) is 0 Å². The zero-order valence-corrected chi connectivity index (χ0v) is 13.6. The quantitative estimate of drug-likeness (QED) is 0.667. The number of esters is 1. The summed E-state index contributed by atoms with van der Waals surface area (Å²) in [4.78, 5) is 12.5.